The van der Waals surface area contributed by atoms with Crippen LogP contribution in [0.15, 0.2) is 30.5 Å². The van der Waals surface area contributed by atoms with Crippen molar-refractivity contribution in [2.24, 2.45) is 0 Å². The second-order valence-corrected chi connectivity index (χ2v) is 6.21. The predicted molar refractivity (Wildman–Crippen MR) is 81.9 cm³/mol. The zero-order valence-corrected chi connectivity index (χ0v) is 11.6. The molecule has 0 saturated heterocycles. The number of anilines is 1. The normalized spacial score (nSPS) is 19.1. The summed E-state index contributed by atoms with van der Waals surface area (Å²) in [7, 11) is 0. The van der Waals surface area contributed by atoms with Crippen molar-refractivity contribution < 1.29 is 0 Å². The molecule has 0 amide bonds. The summed E-state index contributed by atoms with van der Waals surface area (Å²) in [4.78, 5) is 5.86. The average molecular weight is 269 g/mol. The summed E-state index contributed by atoms with van der Waals surface area (Å²) in [5, 5.41) is 9.74. The molecule has 0 bridgehead atoms. The van der Waals surface area contributed by atoms with Crippen LogP contribution in [0.5, 0.6) is 0 Å². The molecule has 96 valence electrons. The van der Waals surface area contributed by atoms with Gasteiger partial charge in [0.1, 0.15) is 0 Å². The third-order valence-electron chi connectivity index (χ3n) is 3.70. The standard InChI is InChI=1S/C15H15N3S/c1-9-7-18-15-13(8-17-9)19-12-5-4-11-10(14(12)15)3-2-6-16-11/h2-6,9,17-18H,7-8H2,1H3/t9-/m1/s1. The van der Waals surface area contributed by atoms with Gasteiger partial charge >= 0.3 is 0 Å². The Labute approximate surface area is 115 Å². The summed E-state index contributed by atoms with van der Waals surface area (Å²) in [6.07, 6.45) is 1.86. The van der Waals surface area contributed by atoms with Crippen molar-refractivity contribution in [1.29, 1.82) is 0 Å². The highest BCUT2D eigenvalue weighted by molar-refractivity contribution is 7.20. The van der Waals surface area contributed by atoms with Crippen LogP contribution in [0.2, 0.25) is 0 Å². The van der Waals surface area contributed by atoms with E-state index in [1.807, 2.05) is 23.6 Å². The van der Waals surface area contributed by atoms with Gasteiger partial charge in [0, 0.05) is 45.7 Å². The van der Waals surface area contributed by atoms with Crippen molar-refractivity contribution in [3.63, 3.8) is 0 Å². The highest BCUT2D eigenvalue weighted by atomic mass is 32.1. The number of hydrogen-bond acceptors (Lipinski definition) is 4. The second-order valence-electron chi connectivity index (χ2n) is 5.07. The number of thiophene rings is 1. The lowest BCUT2D eigenvalue weighted by molar-refractivity contribution is 0.584. The number of fused-ring (bicyclic) bond motifs is 5. The van der Waals surface area contributed by atoms with Gasteiger partial charge in [0.2, 0.25) is 0 Å². The van der Waals surface area contributed by atoms with Crippen LogP contribution in [-0.2, 0) is 6.54 Å². The van der Waals surface area contributed by atoms with Gasteiger partial charge in [0.25, 0.3) is 0 Å². The molecular formula is C15H15N3S. The minimum atomic E-state index is 0.503. The molecule has 1 atom stereocenters. The molecule has 0 fully saturated rings. The van der Waals surface area contributed by atoms with Gasteiger partial charge in [-0.2, -0.15) is 0 Å². The van der Waals surface area contributed by atoms with Crippen molar-refractivity contribution >= 4 is 38.0 Å². The maximum Gasteiger partial charge on any atom is 0.0709 e. The molecule has 1 aromatic carbocycles. The van der Waals surface area contributed by atoms with Crippen molar-refractivity contribution in [2.45, 2.75) is 19.5 Å². The van der Waals surface area contributed by atoms with Crippen molar-refractivity contribution in [3.8, 4) is 0 Å². The molecule has 3 nitrogen and oxygen atoms in total. The summed E-state index contributed by atoms with van der Waals surface area (Å²) in [5.74, 6) is 0. The average Bonchev–Trinajstić information content (AvgIpc) is 2.71. The van der Waals surface area contributed by atoms with E-state index in [1.54, 1.807) is 0 Å². The van der Waals surface area contributed by atoms with E-state index in [-0.39, 0.29) is 0 Å². The van der Waals surface area contributed by atoms with Gasteiger partial charge < -0.3 is 10.6 Å². The van der Waals surface area contributed by atoms with Crippen LogP contribution >= 0.6 is 11.3 Å². The van der Waals surface area contributed by atoms with Crippen LogP contribution in [0.1, 0.15) is 11.8 Å². The Morgan fingerprint density at radius 2 is 2.26 bits per heavy atom. The van der Waals surface area contributed by atoms with Gasteiger partial charge in [-0.05, 0) is 25.1 Å². The van der Waals surface area contributed by atoms with Gasteiger partial charge in [-0.1, -0.05) is 6.07 Å². The van der Waals surface area contributed by atoms with E-state index < -0.39 is 0 Å². The monoisotopic (exact) mass is 269 g/mol. The second kappa shape index (κ2) is 4.18. The first kappa shape index (κ1) is 11.2. The van der Waals surface area contributed by atoms with Crippen LogP contribution in [0, 0.1) is 0 Å². The minimum absolute atomic E-state index is 0.503. The fraction of sp³-hybridized carbons (Fsp3) is 0.267. The molecule has 0 saturated carbocycles. The Balaban J connectivity index is 2.05. The summed E-state index contributed by atoms with van der Waals surface area (Å²) < 4.78 is 1.34. The highest BCUT2D eigenvalue weighted by Gasteiger charge is 2.18. The Morgan fingerprint density at radius 1 is 1.32 bits per heavy atom. The van der Waals surface area contributed by atoms with Gasteiger partial charge in [-0.15, -0.1) is 11.3 Å². The molecule has 19 heavy (non-hydrogen) atoms. The summed E-state index contributed by atoms with van der Waals surface area (Å²) in [5.41, 5.74) is 2.37. The highest BCUT2D eigenvalue weighted by Crippen LogP contribution is 2.40. The number of nitrogens with zero attached hydrogens (tertiary/aromatic N) is 1. The van der Waals surface area contributed by atoms with Crippen LogP contribution in [-0.4, -0.2) is 17.6 Å². The van der Waals surface area contributed by atoms with E-state index in [0.717, 1.165) is 18.6 Å². The lowest BCUT2D eigenvalue weighted by Gasteiger charge is -2.09. The quantitative estimate of drug-likeness (QED) is 0.657. The zero-order chi connectivity index (χ0) is 12.8. The van der Waals surface area contributed by atoms with Crippen molar-refractivity contribution in [1.82, 2.24) is 10.3 Å². The number of rotatable bonds is 0. The Morgan fingerprint density at radius 3 is 3.21 bits per heavy atom. The van der Waals surface area contributed by atoms with Crippen LogP contribution < -0.4 is 10.6 Å². The van der Waals surface area contributed by atoms with E-state index in [1.165, 1.54) is 26.0 Å². The van der Waals surface area contributed by atoms with Gasteiger partial charge in [0.15, 0.2) is 0 Å². The van der Waals surface area contributed by atoms with Gasteiger partial charge in [0.05, 0.1) is 11.2 Å². The molecule has 0 aliphatic carbocycles. The molecule has 4 heteroatoms. The van der Waals surface area contributed by atoms with E-state index in [0.29, 0.717) is 6.04 Å². The molecule has 0 spiro atoms. The molecule has 2 N–H and O–H groups in total. The smallest absolute Gasteiger partial charge is 0.0709 e. The molecule has 0 radical (unpaired) electrons. The lowest BCUT2D eigenvalue weighted by Crippen LogP contribution is -2.29. The molecule has 3 heterocycles. The Hall–Kier alpha value is -1.65. The number of nitrogens with one attached hydrogen (secondary N) is 2. The maximum absolute atomic E-state index is 4.46. The van der Waals surface area contributed by atoms with E-state index in [9.17, 15) is 0 Å². The van der Waals surface area contributed by atoms with Crippen LogP contribution in [0.4, 0.5) is 5.69 Å². The molecule has 4 rings (SSSR count). The Kier molecular flexibility index (Phi) is 2.47. The molecular weight excluding hydrogens is 254 g/mol. The molecule has 3 aromatic rings. The van der Waals surface area contributed by atoms with Gasteiger partial charge in [-0.3, -0.25) is 4.98 Å². The van der Waals surface area contributed by atoms with Crippen molar-refractivity contribution in [3.05, 3.63) is 35.3 Å². The first-order valence-electron chi connectivity index (χ1n) is 6.59. The minimum Gasteiger partial charge on any atom is -0.382 e. The number of pyridine rings is 1. The third kappa shape index (κ3) is 1.71. The van der Waals surface area contributed by atoms with E-state index in [2.05, 4.69) is 40.7 Å². The third-order valence-corrected chi connectivity index (χ3v) is 4.86. The maximum atomic E-state index is 4.46. The van der Waals surface area contributed by atoms with Gasteiger partial charge in [-0.25, -0.2) is 0 Å². The van der Waals surface area contributed by atoms with E-state index in [4.69, 9.17) is 0 Å². The molecule has 1 aliphatic rings. The largest absolute Gasteiger partial charge is 0.382 e. The first-order valence-corrected chi connectivity index (χ1v) is 7.41. The number of benzene rings is 1. The number of hydrogen-bond donors (Lipinski definition) is 2. The van der Waals surface area contributed by atoms with E-state index >= 15 is 0 Å². The summed E-state index contributed by atoms with van der Waals surface area (Å²) >= 11 is 1.88. The SMILES string of the molecule is C[C@@H]1CNc2c(sc3ccc4ncccc4c23)CN1. The van der Waals surface area contributed by atoms with Crippen molar-refractivity contribution in [2.75, 3.05) is 11.9 Å². The summed E-state index contributed by atoms with van der Waals surface area (Å²) in [6.45, 7) is 4.13. The summed E-state index contributed by atoms with van der Waals surface area (Å²) in [6, 6.07) is 8.99. The van der Waals surface area contributed by atoms with Crippen LogP contribution in [0.25, 0.3) is 21.0 Å². The fourth-order valence-electron chi connectivity index (χ4n) is 2.70. The predicted octanol–water partition coefficient (Wildman–Crippen LogP) is 3.35. The molecule has 0 unspecified atom stereocenters. The number of aromatic nitrogens is 1. The fourth-order valence-corrected chi connectivity index (χ4v) is 3.85. The lowest BCUT2D eigenvalue weighted by atomic mass is 10.1. The zero-order valence-electron chi connectivity index (χ0n) is 10.7. The Bertz CT molecular complexity index is 763. The molecule has 1 aliphatic heterocycles. The first-order chi connectivity index (χ1) is 9.33. The molecule has 2 aromatic heterocycles. The van der Waals surface area contributed by atoms with Crippen LogP contribution in [0.3, 0.4) is 0 Å². The topological polar surface area (TPSA) is 37.0 Å².